The largest absolute Gasteiger partial charge is 0.480 e. The molecule has 1 fully saturated rings. The van der Waals surface area contributed by atoms with Crippen molar-refractivity contribution in [3.8, 4) is 0 Å². The van der Waals surface area contributed by atoms with Gasteiger partial charge in [0.05, 0.1) is 4.91 Å². The van der Waals surface area contributed by atoms with Crippen LogP contribution >= 0.6 is 24.0 Å². The highest BCUT2D eigenvalue weighted by Crippen LogP contribution is 2.35. The summed E-state index contributed by atoms with van der Waals surface area (Å²) in [5, 5.41) is 10.9. The first-order valence-corrected chi connectivity index (χ1v) is 11.3. The van der Waals surface area contributed by atoms with Crippen molar-refractivity contribution < 1.29 is 14.7 Å². The molecule has 4 rings (SSSR count). The third kappa shape index (κ3) is 4.43. The number of thioether (sulfide) groups is 1. The second kappa shape index (κ2) is 9.08. The number of nitrogens with one attached hydrogen (secondary N) is 1. The molecule has 1 amide bonds. The minimum atomic E-state index is -1.08. The number of thiocarbonyl (C=S) groups is 1. The molecule has 0 bridgehead atoms. The van der Waals surface area contributed by atoms with Gasteiger partial charge in [0.15, 0.2) is 0 Å². The molecule has 0 saturated carbocycles. The van der Waals surface area contributed by atoms with Gasteiger partial charge in [-0.15, -0.1) is 0 Å². The second-order valence-corrected chi connectivity index (χ2v) is 9.14. The van der Waals surface area contributed by atoms with E-state index in [0.29, 0.717) is 4.91 Å². The van der Waals surface area contributed by atoms with E-state index in [4.69, 9.17) is 12.2 Å². The third-order valence-electron chi connectivity index (χ3n) is 5.32. The fourth-order valence-electron chi connectivity index (χ4n) is 3.77. The molecule has 158 valence electrons. The summed E-state index contributed by atoms with van der Waals surface area (Å²) in [4.78, 5) is 30.1. The quantitative estimate of drug-likeness (QED) is 0.391. The highest BCUT2D eigenvalue weighted by molar-refractivity contribution is 8.26. The summed E-state index contributed by atoms with van der Waals surface area (Å²) >= 11 is 6.56. The van der Waals surface area contributed by atoms with Crippen molar-refractivity contribution in [2.24, 2.45) is 0 Å². The van der Waals surface area contributed by atoms with Crippen molar-refractivity contribution in [1.29, 1.82) is 0 Å². The molecule has 1 saturated heterocycles. The standard InChI is InChI=1S/C24H22N2O3S2/c1-2-5-15-8-10-16(11-9-15)12-21-22(27)26(24(30)31-21)20(23(28)29)13-17-14-25-19-7-4-3-6-18(17)19/h3-4,6-12,14,20,25H,2,5,13H2,1H3,(H,28,29)/b21-12-/t20-/m1/s1. The van der Waals surface area contributed by atoms with Gasteiger partial charge in [0.2, 0.25) is 0 Å². The molecular weight excluding hydrogens is 428 g/mol. The first-order valence-electron chi connectivity index (χ1n) is 10.1. The van der Waals surface area contributed by atoms with Crippen LogP contribution in [0.1, 0.15) is 30.0 Å². The molecule has 31 heavy (non-hydrogen) atoms. The Hall–Kier alpha value is -2.90. The van der Waals surface area contributed by atoms with Crippen LogP contribution in [0.5, 0.6) is 0 Å². The summed E-state index contributed by atoms with van der Waals surface area (Å²) in [6.07, 6.45) is 5.83. The maximum absolute atomic E-state index is 13.1. The van der Waals surface area contributed by atoms with E-state index in [0.717, 1.165) is 46.6 Å². The minimum absolute atomic E-state index is 0.171. The number of para-hydroxylation sites is 1. The molecular formula is C24H22N2O3S2. The van der Waals surface area contributed by atoms with Gasteiger partial charge in [0, 0.05) is 23.5 Å². The highest BCUT2D eigenvalue weighted by atomic mass is 32.2. The predicted octanol–water partition coefficient (Wildman–Crippen LogP) is 5.02. The molecule has 7 heteroatoms. The van der Waals surface area contributed by atoms with E-state index in [2.05, 4.69) is 11.9 Å². The number of carbonyl (C=O) groups is 2. The van der Waals surface area contributed by atoms with Crippen LogP contribution in [0, 0.1) is 0 Å². The first-order chi connectivity index (χ1) is 15.0. The van der Waals surface area contributed by atoms with Gasteiger partial charge < -0.3 is 10.1 Å². The molecule has 2 N–H and O–H groups in total. The number of rotatable bonds is 7. The van der Waals surface area contributed by atoms with E-state index in [1.165, 1.54) is 10.5 Å². The zero-order valence-electron chi connectivity index (χ0n) is 17.0. The number of carbonyl (C=O) groups excluding carboxylic acids is 1. The highest BCUT2D eigenvalue weighted by Gasteiger charge is 2.40. The van der Waals surface area contributed by atoms with Crippen LogP contribution in [-0.2, 0) is 22.4 Å². The van der Waals surface area contributed by atoms with Crippen molar-refractivity contribution in [3.05, 3.63) is 76.3 Å². The number of nitrogens with zero attached hydrogens (tertiary/aromatic N) is 1. The fraction of sp³-hybridized carbons (Fsp3) is 0.208. The number of aryl methyl sites for hydroxylation is 1. The lowest BCUT2D eigenvalue weighted by Crippen LogP contribution is -2.45. The Morgan fingerprint density at radius 3 is 2.68 bits per heavy atom. The molecule has 0 radical (unpaired) electrons. The number of carboxylic acids is 1. The van der Waals surface area contributed by atoms with E-state index in [1.807, 2.05) is 48.5 Å². The summed E-state index contributed by atoms with van der Waals surface area (Å²) < 4.78 is 0.270. The van der Waals surface area contributed by atoms with Crippen LogP contribution < -0.4 is 0 Å². The molecule has 3 aromatic rings. The topological polar surface area (TPSA) is 73.4 Å². The maximum atomic E-state index is 13.1. The van der Waals surface area contributed by atoms with E-state index < -0.39 is 12.0 Å². The average Bonchev–Trinajstić information content (AvgIpc) is 3.28. The van der Waals surface area contributed by atoms with Crippen LogP contribution in [0.15, 0.2) is 59.6 Å². The maximum Gasteiger partial charge on any atom is 0.327 e. The number of amides is 1. The molecule has 1 aliphatic rings. The molecule has 0 unspecified atom stereocenters. The summed E-state index contributed by atoms with van der Waals surface area (Å²) in [7, 11) is 0. The van der Waals surface area contributed by atoms with E-state index in [1.54, 1.807) is 12.3 Å². The number of hydrogen-bond acceptors (Lipinski definition) is 4. The number of hydrogen-bond donors (Lipinski definition) is 2. The summed E-state index contributed by atoms with van der Waals surface area (Å²) in [5.41, 5.74) is 3.91. The Bertz CT molecular complexity index is 1180. The molecule has 2 aromatic carbocycles. The number of aromatic amines is 1. The number of H-pyrrole nitrogens is 1. The Morgan fingerprint density at radius 2 is 1.97 bits per heavy atom. The summed E-state index contributed by atoms with van der Waals surface area (Å²) in [6, 6.07) is 14.7. The Labute approximate surface area is 190 Å². The van der Waals surface area contributed by atoms with Gasteiger partial charge in [-0.3, -0.25) is 9.69 Å². The molecule has 2 heterocycles. The first kappa shape index (κ1) is 21.3. The van der Waals surface area contributed by atoms with E-state index in [9.17, 15) is 14.7 Å². The Kier molecular flexibility index (Phi) is 6.25. The van der Waals surface area contributed by atoms with Crippen LogP contribution in [0.2, 0.25) is 0 Å². The van der Waals surface area contributed by atoms with Gasteiger partial charge in [-0.25, -0.2) is 4.79 Å². The van der Waals surface area contributed by atoms with Gasteiger partial charge >= 0.3 is 5.97 Å². The molecule has 0 aliphatic carbocycles. The van der Waals surface area contributed by atoms with Crippen molar-refractivity contribution in [2.45, 2.75) is 32.2 Å². The zero-order valence-corrected chi connectivity index (χ0v) is 18.6. The van der Waals surface area contributed by atoms with Crippen LogP contribution in [0.25, 0.3) is 17.0 Å². The lowest BCUT2D eigenvalue weighted by Gasteiger charge is -2.23. The third-order valence-corrected chi connectivity index (χ3v) is 6.66. The molecule has 1 aliphatic heterocycles. The number of aliphatic carboxylic acids is 1. The number of benzene rings is 2. The summed E-state index contributed by atoms with van der Waals surface area (Å²) in [5.74, 6) is -1.44. The number of aromatic nitrogens is 1. The van der Waals surface area contributed by atoms with Gasteiger partial charge in [0.1, 0.15) is 10.4 Å². The lowest BCUT2D eigenvalue weighted by atomic mass is 10.0. The van der Waals surface area contributed by atoms with Gasteiger partial charge in [0.25, 0.3) is 5.91 Å². The Balaban J connectivity index is 1.59. The average molecular weight is 451 g/mol. The number of fused-ring (bicyclic) bond motifs is 1. The van der Waals surface area contributed by atoms with Gasteiger partial charge in [-0.2, -0.15) is 0 Å². The van der Waals surface area contributed by atoms with Crippen LogP contribution in [0.3, 0.4) is 0 Å². The smallest absolute Gasteiger partial charge is 0.327 e. The molecule has 1 atom stereocenters. The van der Waals surface area contributed by atoms with Gasteiger partial charge in [-0.05, 0) is 35.3 Å². The van der Waals surface area contributed by atoms with Crippen molar-refractivity contribution in [3.63, 3.8) is 0 Å². The van der Waals surface area contributed by atoms with Gasteiger partial charge in [-0.1, -0.05) is 79.8 Å². The van der Waals surface area contributed by atoms with Crippen molar-refractivity contribution in [1.82, 2.24) is 9.88 Å². The minimum Gasteiger partial charge on any atom is -0.480 e. The fourth-order valence-corrected chi connectivity index (χ4v) is 5.12. The SMILES string of the molecule is CCCc1ccc(/C=C2\SC(=S)N([C@H](Cc3c[nH]c4ccccc34)C(=O)O)C2=O)cc1. The van der Waals surface area contributed by atoms with Crippen molar-refractivity contribution >= 4 is 57.2 Å². The molecule has 0 spiro atoms. The number of carboxylic acid groups (broad SMARTS) is 1. The molecule has 5 nitrogen and oxygen atoms in total. The predicted molar refractivity (Wildman–Crippen MR) is 129 cm³/mol. The second-order valence-electron chi connectivity index (χ2n) is 7.46. The molecule has 1 aromatic heterocycles. The van der Waals surface area contributed by atoms with E-state index in [-0.39, 0.29) is 16.6 Å². The monoisotopic (exact) mass is 450 g/mol. The lowest BCUT2D eigenvalue weighted by molar-refractivity contribution is -0.145. The van der Waals surface area contributed by atoms with Crippen molar-refractivity contribution in [2.75, 3.05) is 0 Å². The van der Waals surface area contributed by atoms with Crippen LogP contribution in [-0.4, -0.2) is 37.2 Å². The Morgan fingerprint density at radius 1 is 1.23 bits per heavy atom. The van der Waals surface area contributed by atoms with E-state index >= 15 is 0 Å². The summed E-state index contributed by atoms with van der Waals surface area (Å²) in [6.45, 7) is 2.13. The van der Waals surface area contributed by atoms with Crippen LogP contribution in [0.4, 0.5) is 0 Å². The normalized spacial score (nSPS) is 16.4. The zero-order chi connectivity index (χ0) is 22.0.